The minimum Gasteiger partial charge on any atom is -0.344 e. The summed E-state index contributed by atoms with van der Waals surface area (Å²) in [5.74, 6) is -0.193. The molecule has 0 aliphatic rings. The Balaban J connectivity index is 1.85. The number of fused-ring (bicyclic) bond motifs is 1. The van der Waals surface area contributed by atoms with Gasteiger partial charge >= 0.3 is 0 Å². The monoisotopic (exact) mass is 355 g/mol. The molecule has 1 N–H and O–H groups in total. The number of amides is 1. The van der Waals surface area contributed by atoms with Crippen LogP contribution in [0.25, 0.3) is 10.9 Å². The van der Waals surface area contributed by atoms with Crippen molar-refractivity contribution in [1.29, 1.82) is 0 Å². The third-order valence-electron chi connectivity index (χ3n) is 3.43. The van der Waals surface area contributed by atoms with E-state index in [4.69, 9.17) is 0 Å². The Hall–Kier alpha value is -2.27. The van der Waals surface area contributed by atoms with E-state index in [1.165, 1.54) is 0 Å². The van der Waals surface area contributed by atoms with E-state index in [9.17, 15) is 4.79 Å². The predicted molar refractivity (Wildman–Crippen MR) is 89.6 cm³/mol. The van der Waals surface area contributed by atoms with Crippen LogP contribution in [-0.2, 0) is 0 Å². The Bertz CT molecular complexity index is 821. The maximum atomic E-state index is 12.4. The third-order valence-corrected chi connectivity index (χ3v) is 4.01. The van der Waals surface area contributed by atoms with Gasteiger partial charge in [-0.2, -0.15) is 0 Å². The summed E-state index contributed by atoms with van der Waals surface area (Å²) in [4.78, 5) is 20.9. The summed E-state index contributed by atoms with van der Waals surface area (Å²) in [5, 5.41) is 3.86. The number of pyridine rings is 2. The Morgan fingerprint density at radius 2 is 1.91 bits per heavy atom. The van der Waals surface area contributed by atoms with Gasteiger partial charge in [-0.15, -0.1) is 0 Å². The van der Waals surface area contributed by atoms with Crippen LogP contribution in [0.4, 0.5) is 0 Å². The highest BCUT2D eigenvalue weighted by molar-refractivity contribution is 9.10. The van der Waals surface area contributed by atoms with E-state index < -0.39 is 0 Å². The van der Waals surface area contributed by atoms with E-state index in [0.29, 0.717) is 5.69 Å². The molecule has 22 heavy (non-hydrogen) atoms. The van der Waals surface area contributed by atoms with Crippen LogP contribution < -0.4 is 5.32 Å². The van der Waals surface area contributed by atoms with Crippen molar-refractivity contribution in [3.63, 3.8) is 0 Å². The predicted octanol–water partition coefficient (Wildman–Crippen LogP) is 3.88. The summed E-state index contributed by atoms with van der Waals surface area (Å²) in [6, 6.07) is 13.3. The average Bonchev–Trinajstić information content (AvgIpc) is 2.55. The number of carbonyl (C=O) groups is 1. The van der Waals surface area contributed by atoms with Crippen molar-refractivity contribution >= 4 is 32.7 Å². The fourth-order valence-corrected chi connectivity index (χ4v) is 2.67. The largest absolute Gasteiger partial charge is 0.344 e. The number of carbonyl (C=O) groups excluding carboxylic acids is 1. The first-order valence-corrected chi connectivity index (χ1v) is 7.70. The van der Waals surface area contributed by atoms with Gasteiger partial charge in [-0.3, -0.25) is 9.78 Å². The number of hydrogen-bond donors (Lipinski definition) is 1. The highest BCUT2D eigenvalue weighted by Gasteiger charge is 2.13. The summed E-state index contributed by atoms with van der Waals surface area (Å²) in [6.07, 6.45) is 3.39. The zero-order valence-corrected chi connectivity index (χ0v) is 13.5. The van der Waals surface area contributed by atoms with Crippen LogP contribution >= 0.6 is 15.9 Å². The zero-order chi connectivity index (χ0) is 15.5. The van der Waals surface area contributed by atoms with Crippen molar-refractivity contribution in [3.8, 4) is 0 Å². The molecular formula is C17H14BrN3O. The van der Waals surface area contributed by atoms with Crippen LogP contribution in [0, 0.1) is 0 Å². The van der Waals surface area contributed by atoms with Crippen LogP contribution in [0.1, 0.15) is 29.0 Å². The Kier molecular flexibility index (Phi) is 4.15. The van der Waals surface area contributed by atoms with Crippen molar-refractivity contribution in [2.45, 2.75) is 13.0 Å². The molecule has 0 aliphatic carbocycles. The molecule has 0 fully saturated rings. The molecule has 0 saturated carbocycles. The second-order valence-corrected chi connectivity index (χ2v) is 5.85. The van der Waals surface area contributed by atoms with Crippen molar-refractivity contribution in [2.75, 3.05) is 0 Å². The SMILES string of the molecule is C[C@H](NC(=O)c1ccc2cncc(Br)c2n1)c1ccccc1. The molecule has 0 spiro atoms. The van der Waals surface area contributed by atoms with Gasteiger partial charge in [0.05, 0.1) is 16.0 Å². The van der Waals surface area contributed by atoms with Crippen molar-refractivity contribution in [3.05, 3.63) is 70.6 Å². The lowest BCUT2D eigenvalue weighted by Gasteiger charge is -2.14. The molecule has 5 heteroatoms. The number of nitrogens with zero attached hydrogens (tertiary/aromatic N) is 2. The molecule has 1 aromatic carbocycles. The highest BCUT2D eigenvalue weighted by Crippen LogP contribution is 2.21. The van der Waals surface area contributed by atoms with Gasteiger partial charge in [0.15, 0.2) is 0 Å². The van der Waals surface area contributed by atoms with Crippen LogP contribution in [0.5, 0.6) is 0 Å². The topological polar surface area (TPSA) is 54.9 Å². The summed E-state index contributed by atoms with van der Waals surface area (Å²) in [6.45, 7) is 1.95. The number of halogens is 1. The van der Waals surface area contributed by atoms with Gasteiger partial charge in [0.25, 0.3) is 5.91 Å². The van der Waals surface area contributed by atoms with Crippen LogP contribution in [0.15, 0.2) is 59.3 Å². The van der Waals surface area contributed by atoms with Crippen molar-refractivity contribution in [2.24, 2.45) is 0 Å². The molecule has 0 radical (unpaired) electrons. The molecule has 3 aromatic rings. The van der Waals surface area contributed by atoms with Gasteiger partial charge in [0.2, 0.25) is 0 Å². The minimum absolute atomic E-state index is 0.0768. The summed E-state index contributed by atoms with van der Waals surface area (Å²) >= 11 is 3.41. The van der Waals surface area contributed by atoms with Crippen LogP contribution in [-0.4, -0.2) is 15.9 Å². The van der Waals surface area contributed by atoms with E-state index in [0.717, 1.165) is 20.9 Å². The number of aromatic nitrogens is 2. The standard InChI is InChI=1S/C17H14BrN3O/c1-11(12-5-3-2-4-6-12)20-17(22)15-8-7-13-9-19-10-14(18)16(13)21-15/h2-11H,1H3,(H,20,22)/t11-/m0/s1. The normalized spacial score (nSPS) is 12.1. The first kappa shape index (κ1) is 14.7. The van der Waals surface area contributed by atoms with Gasteiger partial charge in [-0.05, 0) is 40.5 Å². The first-order valence-electron chi connectivity index (χ1n) is 6.91. The van der Waals surface area contributed by atoms with Gasteiger partial charge in [-0.25, -0.2) is 4.98 Å². The molecule has 1 amide bonds. The molecule has 1 atom stereocenters. The van der Waals surface area contributed by atoms with Gasteiger partial charge in [0.1, 0.15) is 5.69 Å². The van der Waals surface area contributed by atoms with Gasteiger partial charge in [0, 0.05) is 17.8 Å². The van der Waals surface area contributed by atoms with Gasteiger partial charge in [-0.1, -0.05) is 30.3 Å². The molecule has 3 rings (SSSR count). The summed E-state index contributed by atoms with van der Waals surface area (Å²) < 4.78 is 0.774. The second kappa shape index (κ2) is 6.23. The quantitative estimate of drug-likeness (QED) is 0.775. The fourth-order valence-electron chi connectivity index (χ4n) is 2.23. The Morgan fingerprint density at radius 3 is 2.68 bits per heavy atom. The summed E-state index contributed by atoms with van der Waals surface area (Å²) in [5.41, 5.74) is 2.18. The van der Waals surface area contributed by atoms with E-state index in [2.05, 4.69) is 31.2 Å². The number of nitrogens with one attached hydrogen (secondary N) is 1. The molecule has 110 valence electrons. The lowest BCUT2D eigenvalue weighted by Crippen LogP contribution is -2.27. The molecule has 4 nitrogen and oxygen atoms in total. The smallest absolute Gasteiger partial charge is 0.270 e. The zero-order valence-electron chi connectivity index (χ0n) is 12.0. The maximum Gasteiger partial charge on any atom is 0.270 e. The second-order valence-electron chi connectivity index (χ2n) is 5.00. The van der Waals surface area contributed by atoms with Crippen LogP contribution in [0.3, 0.4) is 0 Å². The van der Waals surface area contributed by atoms with E-state index in [-0.39, 0.29) is 11.9 Å². The Labute approximate surface area is 136 Å². The van der Waals surface area contributed by atoms with Crippen molar-refractivity contribution < 1.29 is 4.79 Å². The van der Waals surface area contributed by atoms with Gasteiger partial charge < -0.3 is 5.32 Å². The third kappa shape index (κ3) is 2.99. The summed E-state index contributed by atoms with van der Waals surface area (Å²) in [7, 11) is 0. The molecule has 0 bridgehead atoms. The molecule has 0 aliphatic heterocycles. The Morgan fingerprint density at radius 1 is 1.14 bits per heavy atom. The first-order chi connectivity index (χ1) is 10.6. The van der Waals surface area contributed by atoms with Crippen LogP contribution in [0.2, 0.25) is 0 Å². The molecule has 0 saturated heterocycles. The number of hydrogen-bond acceptors (Lipinski definition) is 3. The molecular weight excluding hydrogens is 342 g/mol. The number of benzene rings is 1. The van der Waals surface area contributed by atoms with E-state index >= 15 is 0 Å². The maximum absolute atomic E-state index is 12.4. The van der Waals surface area contributed by atoms with Crippen molar-refractivity contribution in [1.82, 2.24) is 15.3 Å². The minimum atomic E-state index is -0.193. The lowest BCUT2D eigenvalue weighted by molar-refractivity contribution is 0.0935. The highest BCUT2D eigenvalue weighted by atomic mass is 79.9. The van der Waals surface area contributed by atoms with E-state index in [1.807, 2.05) is 43.3 Å². The number of rotatable bonds is 3. The molecule has 2 heterocycles. The average molecular weight is 356 g/mol. The molecule has 2 aromatic heterocycles. The lowest BCUT2D eigenvalue weighted by atomic mass is 10.1. The fraction of sp³-hybridized carbons (Fsp3) is 0.118. The van der Waals surface area contributed by atoms with E-state index in [1.54, 1.807) is 18.5 Å². The molecule has 0 unspecified atom stereocenters.